The second-order valence-electron chi connectivity index (χ2n) is 6.81. The van der Waals surface area contributed by atoms with Gasteiger partial charge in [-0.25, -0.2) is 9.59 Å². The largest absolute Gasteiger partial charge is 0.478 e. The summed E-state index contributed by atoms with van der Waals surface area (Å²) in [6.45, 7) is 0. The van der Waals surface area contributed by atoms with Crippen LogP contribution in [0, 0.1) is 0 Å². The van der Waals surface area contributed by atoms with Crippen molar-refractivity contribution in [2.45, 2.75) is 5.92 Å². The molecule has 1 aliphatic carbocycles. The quantitative estimate of drug-likeness (QED) is 0.531. The molecule has 0 unspecified atom stereocenters. The predicted molar refractivity (Wildman–Crippen MR) is 104 cm³/mol. The van der Waals surface area contributed by atoms with E-state index in [1.807, 2.05) is 0 Å². The fourth-order valence-corrected chi connectivity index (χ4v) is 4.11. The molecule has 0 saturated carbocycles. The molecule has 29 heavy (non-hydrogen) atoms. The molecule has 2 aromatic carbocycles. The number of aromatic nitrogens is 2. The molecule has 0 saturated heterocycles. The van der Waals surface area contributed by atoms with E-state index in [4.69, 9.17) is 0 Å². The Morgan fingerprint density at radius 2 is 1.59 bits per heavy atom. The lowest BCUT2D eigenvalue weighted by Crippen LogP contribution is -2.33. The molecule has 2 heterocycles. The highest BCUT2D eigenvalue weighted by Gasteiger charge is 2.42. The van der Waals surface area contributed by atoms with Crippen molar-refractivity contribution in [3.8, 4) is 0 Å². The van der Waals surface area contributed by atoms with Crippen LogP contribution < -0.4 is 16.6 Å². The van der Waals surface area contributed by atoms with Crippen LogP contribution in [0.5, 0.6) is 0 Å². The fourth-order valence-electron chi connectivity index (χ4n) is 4.11. The third-order valence-electron chi connectivity index (χ3n) is 5.26. The van der Waals surface area contributed by atoms with E-state index < -0.39 is 23.1 Å². The van der Waals surface area contributed by atoms with Gasteiger partial charge in [-0.3, -0.25) is 19.6 Å². The van der Waals surface area contributed by atoms with Gasteiger partial charge in [-0.05, 0) is 11.6 Å². The Kier molecular flexibility index (Phi) is 3.44. The van der Waals surface area contributed by atoms with E-state index in [-0.39, 0.29) is 28.3 Å². The second kappa shape index (κ2) is 5.90. The first-order valence-corrected chi connectivity index (χ1v) is 8.81. The molecule has 1 aliphatic heterocycles. The van der Waals surface area contributed by atoms with Gasteiger partial charge < -0.3 is 10.4 Å². The van der Waals surface area contributed by atoms with Crippen LogP contribution in [0.4, 0.5) is 5.82 Å². The van der Waals surface area contributed by atoms with Gasteiger partial charge in [0.15, 0.2) is 5.78 Å². The molecule has 3 aromatic rings. The summed E-state index contributed by atoms with van der Waals surface area (Å²) in [5.74, 6) is -2.27. The number of rotatable bonds is 2. The number of anilines is 1. The molecule has 0 spiro atoms. The number of H-pyrrole nitrogens is 2. The zero-order chi connectivity index (χ0) is 20.3. The molecule has 2 aliphatic rings. The zero-order valence-electron chi connectivity index (χ0n) is 14.8. The third kappa shape index (κ3) is 2.32. The summed E-state index contributed by atoms with van der Waals surface area (Å²) in [5, 5.41) is 12.7. The van der Waals surface area contributed by atoms with Crippen LogP contribution in [0.25, 0.3) is 5.70 Å². The molecule has 1 atom stereocenters. The van der Waals surface area contributed by atoms with Gasteiger partial charge in [-0.15, -0.1) is 0 Å². The maximum absolute atomic E-state index is 13.3. The summed E-state index contributed by atoms with van der Waals surface area (Å²) in [4.78, 5) is 54.4. The smallest absolute Gasteiger partial charge is 0.335 e. The average Bonchev–Trinajstić information content (AvgIpc) is 2.98. The molecule has 0 amide bonds. The molecule has 4 N–H and O–H groups in total. The van der Waals surface area contributed by atoms with Gasteiger partial charge in [-0.2, -0.15) is 0 Å². The number of aromatic carboxylic acids is 1. The van der Waals surface area contributed by atoms with Crippen LogP contribution >= 0.6 is 0 Å². The first-order valence-electron chi connectivity index (χ1n) is 8.81. The molecule has 1 aromatic heterocycles. The Morgan fingerprint density at radius 3 is 2.34 bits per heavy atom. The van der Waals surface area contributed by atoms with E-state index in [0.29, 0.717) is 22.4 Å². The number of hydrogen-bond donors (Lipinski definition) is 4. The Balaban J connectivity index is 1.88. The van der Waals surface area contributed by atoms with Crippen molar-refractivity contribution in [1.29, 1.82) is 0 Å². The van der Waals surface area contributed by atoms with E-state index >= 15 is 0 Å². The van der Waals surface area contributed by atoms with Gasteiger partial charge in [0.1, 0.15) is 5.82 Å². The Labute approximate surface area is 162 Å². The predicted octanol–water partition coefficient (Wildman–Crippen LogP) is 1.93. The molecule has 8 nitrogen and oxygen atoms in total. The monoisotopic (exact) mass is 387 g/mol. The summed E-state index contributed by atoms with van der Waals surface area (Å²) in [7, 11) is 0. The normalized spacial score (nSPS) is 16.7. The van der Waals surface area contributed by atoms with Crippen LogP contribution in [-0.4, -0.2) is 26.8 Å². The number of hydrogen-bond acceptors (Lipinski definition) is 5. The minimum Gasteiger partial charge on any atom is -0.478 e. The number of ketones is 1. The summed E-state index contributed by atoms with van der Waals surface area (Å²) >= 11 is 0. The van der Waals surface area contributed by atoms with E-state index in [2.05, 4.69) is 15.3 Å². The highest BCUT2D eigenvalue weighted by molar-refractivity contribution is 6.24. The topological polar surface area (TPSA) is 132 Å². The number of aromatic amines is 2. The lowest BCUT2D eigenvalue weighted by Gasteiger charge is -2.28. The molecular formula is C21H13N3O5. The Morgan fingerprint density at radius 1 is 0.897 bits per heavy atom. The summed E-state index contributed by atoms with van der Waals surface area (Å²) in [6, 6.07) is 13.2. The molecular weight excluding hydrogens is 374 g/mol. The number of nitrogens with one attached hydrogen (secondary N) is 3. The number of benzene rings is 2. The van der Waals surface area contributed by atoms with E-state index in [1.54, 1.807) is 42.5 Å². The van der Waals surface area contributed by atoms with Crippen LogP contribution in [0.1, 0.15) is 43.3 Å². The van der Waals surface area contributed by atoms with E-state index in [9.17, 15) is 24.3 Å². The van der Waals surface area contributed by atoms with Crippen molar-refractivity contribution in [2.24, 2.45) is 0 Å². The Bertz CT molecular complexity index is 1380. The number of carbonyl (C=O) groups excluding carboxylic acids is 1. The standard InChI is InChI=1S/C21H13N3O5/c25-17-11-7-3-2-6-10(11)16-14(17)13(9-5-1-4-8-12(9)20(27)28)15-18(22-16)23-21(29)24-19(15)26/h1-8,13H,(H,27,28)(H3,22,23,24,26,29)/t13-/m1/s1. The molecule has 0 fully saturated rings. The van der Waals surface area contributed by atoms with Gasteiger partial charge in [0.05, 0.1) is 16.8 Å². The van der Waals surface area contributed by atoms with Crippen LogP contribution in [0.3, 0.4) is 0 Å². The van der Waals surface area contributed by atoms with Crippen LogP contribution in [0.15, 0.2) is 63.7 Å². The first kappa shape index (κ1) is 16.9. The first-order chi connectivity index (χ1) is 14.0. The van der Waals surface area contributed by atoms with Gasteiger partial charge >= 0.3 is 11.7 Å². The molecule has 0 radical (unpaired) electrons. The van der Waals surface area contributed by atoms with Crippen molar-refractivity contribution in [1.82, 2.24) is 9.97 Å². The molecule has 8 heteroatoms. The number of carbonyl (C=O) groups is 2. The van der Waals surface area contributed by atoms with Gasteiger partial charge in [0.25, 0.3) is 5.56 Å². The SMILES string of the molecule is O=C1C2=C(Nc3[nH]c(=O)[nH]c(=O)c3[C@@H]2c2ccccc2C(=O)O)c2ccccc21. The average molecular weight is 387 g/mol. The Hall–Kier alpha value is -4.20. The number of carboxylic acid groups (broad SMARTS) is 1. The van der Waals surface area contributed by atoms with Crippen LogP contribution in [-0.2, 0) is 0 Å². The minimum absolute atomic E-state index is 0.0217. The molecule has 5 rings (SSSR count). The maximum Gasteiger partial charge on any atom is 0.335 e. The number of allylic oxidation sites excluding steroid dienone is 1. The lowest BCUT2D eigenvalue weighted by molar-refractivity contribution is 0.0695. The van der Waals surface area contributed by atoms with Crippen molar-refractivity contribution < 1.29 is 14.7 Å². The van der Waals surface area contributed by atoms with Gasteiger partial charge in [0.2, 0.25) is 0 Å². The lowest BCUT2D eigenvalue weighted by atomic mass is 9.80. The van der Waals surface area contributed by atoms with Gasteiger partial charge in [0, 0.05) is 22.6 Å². The second-order valence-corrected chi connectivity index (χ2v) is 6.81. The molecule has 142 valence electrons. The third-order valence-corrected chi connectivity index (χ3v) is 5.26. The van der Waals surface area contributed by atoms with Crippen LogP contribution in [0.2, 0.25) is 0 Å². The minimum atomic E-state index is -1.17. The number of carboxylic acids is 1. The maximum atomic E-state index is 13.3. The highest BCUT2D eigenvalue weighted by atomic mass is 16.4. The summed E-state index contributed by atoms with van der Waals surface area (Å²) in [5.41, 5.74) is 0.824. The van der Waals surface area contributed by atoms with Crippen molar-refractivity contribution in [3.05, 3.63) is 103 Å². The van der Waals surface area contributed by atoms with E-state index in [0.717, 1.165) is 0 Å². The molecule has 0 bridgehead atoms. The van der Waals surface area contributed by atoms with Crippen molar-refractivity contribution >= 4 is 23.3 Å². The van der Waals surface area contributed by atoms with Crippen molar-refractivity contribution in [3.63, 3.8) is 0 Å². The summed E-state index contributed by atoms with van der Waals surface area (Å²) < 4.78 is 0. The zero-order valence-corrected chi connectivity index (χ0v) is 14.8. The van der Waals surface area contributed by atoms with E-state index in [1.165, 1.54) is 6.07 Å². The highest BCUT2D eigenvalue weighted by Crippen LogP contribution is 2.47. The van der Waals surface area contributed by atoms with Crippen molar-refractivity contribution in [2.75, 3.05) is 5.32 Å². The summed E-state index contributed by atoms with van der Waals surface area (Å²) in [6.07, 6.45) is 0. The number of Topliss-reactive ketones (excluding diaryl/α,β-unsaturated/α-hetero) is 1. The van der Waals surface area contributed by atoms with Gasteiger partial charge in [-0.1, -0.05) is 42.5 Å². The fraction of sp³-hybridized carbons (Fsp3) is 0.0476. The number of fused-ring (bicyclic) bond motifs is 3.